The zero-order valence-corrected chi connectivity index (χ0v) is 14.8. The van der Waals surface area contributed by atoms with Gasteiger partial charge in [-0.2, -0.15) is 9.82 Å². The van der Waals surface area contributed by atoms with Crippen LogP contribution in [0.15, 0.2) is 4.90 Å². The van der Waals surface area contributed by atoms with Crippen molar-refractivity contribution in [3.05, 3.63) is 11.4 Å². The van der Waals surface area contributed by atoms with E-state index < -0.39 is 16.1 Å². The molecule has 0 aliphatic carbocycles. The Kier molecular flexibility index (Phi) is 6.09. The maximum absolute atomic E-state index is 12.5. The fourth-order valence-corrected chi connectivity index (χ4v) is 3.84. The Bertz CT molecular complexity index is 638. The van der Waals surface area contributed by atoms with Crippen LogP contribution in [-0.2, 0) is 21.9 Å². The third-order valence-corrected chi connectivity index (χ3v) is 5.28. The summed E-state index contributed by atoms with van der Waals surface area (Å²) in [5.41, 5.74) is 0.948. The van der Waals surface area contributed by atoms with Gasteiger partial charge in [0.05, 0.1) is 17.4 Å². The van der Waals surface area contributed by atoms with Crippen LogP contribution < -0.4 is 10.0 Å². The van der Waals surface area contributed by atoms with Crippen LogP contribution in [0.25, 0.3) is 0 Å². The third-order valence-electron chi connectivity index (χ3n) is 3.49. The van der Waals surface area contributed by atoms with Gasteiger partial charge in [-0.1, -0.05) is 0 Å². The highest BCUT2D eigenvalue weighted by Gasteiger charge is 2.28. The second-order valence-corrected chi connectivity index (χ2v) is 6.98. The Morgan fingerprint density at radius 3 is 2.45 bits per heavy atom. The molecule has 0 bridgehead atoms. The van der Waals surface area contributed by atoms with Gasteiger partial charge in [-0.3, -0.25) is 9.48 Å². The van der Waals surface area contributed by atoms with Crippen LogP contribution in [0.4, 0.5) is 0 Å². The van der Waals surface area contributed by atoms with Crippen molar-refractivity contribution in [2.24, 2.45) is 7.05 Å². The van der Waals surface area contributed by atoms with Gasteiger partial charge >= 0.3 is 0 Å². The van der Waals surface area contributed by atoms with Gasteiger partial charge in [-0.15, -0.1) is 0 Å². The minimum absolute atomic E-state index is 0.132. The fourth-order valence-electron chi connectivity index (χ4n) is 2.21. The number of hydrogen-bond acceptors (Lipinski definition) is 5. The standard InChI is InChI=1S/C13H25N5O3S/c1-9-12(11(3)18(6)15-9)22(20,21)16-10(2)13(19)17(5)8-7-14-4/h10,14,16H,7-8H2,1-6H3. The van der Waals surface area contributed by atoms with Crippen LogP contribution in [0.2, 0.25) is 0 Å². The number of aryl methyl sites for hydroxylation is 2. The van der Waals surface area contributed by atoms with Crippen LogP contribution in [0, 0.1) is 13.8 Å². The lowest BCUT2D eigenvalue weighted by Crippen LogP contribution is -2.46. The molecule has 0 spiro atoms. The van der Waals surface area contributed by atoms with Crippen LogP contribution in [-0.4, -0.2) is 62.2 Å². The summed E-state index contributed by atoms with van der Waals surface area (Å²) in [6.45, 7) is 6.00. The Balaban J connectivity index is 2.90. The van der Waals surface area contributed by atoms with Gasteiger partial charge in [0, 0.05) is 27.2 Å². The minimum Gasteiger partial charge on any atom is -0.343 e. The molecular weight excluding hydrogens is 306 g/mol. The first-order valence-electron chi connectivity index (χ1n) is 7.04. The highest BCUT2D eigenvalue weighted by molar-refractivity contribution is 7.89. The molecule has 2 N–H and O–H groups in total. The van der Waals surface area contributed by atoms with Crippen LogP contribution >= 0.6 is 0 Å². The van der Waals surface area contributed by atoms with E-state index in [1.165, 1.54) is 16.5 Å². The number of carbonyl (C=O) groups is 1. The Morgan fingerprint density at radius 1 is 1.41 bits per heavy atom. The number of likely N-dealkylation sites (N-methyl/N-ethyl adjacent to an activating group) is 2. The molecule has 1 aromatic heterocycles. The van der Waals surface area contributed by atoms with Gasteiger partial charge in [-0.05, 0) is 27.8 Å². The maximum atomic E-state index is 12.5. The van der Waals surface area contributed by atoms with E-state index >= 15 is 0 Å². The summed E-state index contributed by atoms with van der Waals surface area (Å²) < 4.78 is 28.9. The quantitative estimate of drug-likeness (QED) is 0.694. The molecule has 0 saturated heterocycles. The lowest BCUT2D eigenvalue weighted by Gasteiger charge is -2.22. The highest BCUT2D eigenvalue weighted by atomic mass is 32.2. The second kappa shape index (κ2) is 7.21. The number of nitrogens with one attached hydrogen (secondary N) is 2. The van der Waals surface area contributed by atoms with Crippen molar-refractivity contribution in [3.8, 4) is 0 Å². The zero-order chi connectivity index (χ0) is 17.1. The van der Waals surface area contributed by atoms with Gasteiger partial charge in [0.15, 0.2) is 0 Å². The molecule has 8 nitrogen and oxygen atoms in total. The topological polar surface area (TPSA) is 96.3 Å². The molecule has 0 fully saturated rings. The summed E-state index contributed by atoms with van der Waals surface area (Å²) in [5, 5.41) is 7.04. The number of amides is 1. The molecule has 0 aromatic carbocycles. The Labute approximate surface area is 131 Å². The maximum Gasteiger partial charge on any atom is 0.244 e. The monoisotopic (exact) mass is 331 g/mol. The average molecular weight is 331 g/mol. The molecule has 1 atom stereocenters. The number of aromatic nitrogens is 2. The Morgan fingerprint density at radius 2 is 2.00 bits per heavy atom. The first kappa shape index (κ1) is 18.6. The van der Waals surface area contributed by atoms with E-state index in [0.717, 1.165) is 0 Å². The number of nitrogens with zero attached hydrogens (tertiary/aromatic N) is 3. The first-order chi connectivity index (χ1) is 10.1. The summed E-state index contributed by atoms with van der Waals surface area (Å²) in [4.78, 5) is 13.8. The molecular formula is C13H25N5O3S. The van der Waals surface area contributed by atoms with Crippen molar-refractivity contribution in [1.82, 2.24) is 24.7 Å². The van der Waals surface area contributed by atoms with Crippen molar-refractivity contribution in [1.29, 1.82) is 0 Å². The average Bonchev–Trinajstić information content (AvgIpc) is 2.68. The van der Waals surface area contributed by atoms with Crippen molar-refractivity contribution in [3.63, 3.8) is 0 Å². The van der Waals surface area contributed by atoms with Gasteiger partial charge < -0.3 is 10.2 Å². The summed E-state index contributed by atoms with van der Waals surface area (Å²) in [7, 11) is 1.32. The normalized spacial score (nSPS) is 13.2. The highest BCUT2D eigenvalue weighted by Crippen LogP contribution is 2.18. The number of sulfonamides is 1. The molecule has 0 aliphatic heterocycles. The minimum atomic E-state index is -3.80. The van der Waals surface area contributed by atoms with Crippen LogP contribution in [0.3, 0.4) is 0 Å². The van der Waals surface area contributed by atoms with E-state index in [1.54, 1.807) is 35.0 Å². The van der Waals surface area contributed by atoms with Gasteiger partial charge in [0.1, 0.15) is 4.90 Å². The molecule has 1 aromatic rings. The van der Waals surface area contributed by atoms with Gasteiger partial charge in [-0.25, -0.2) is 8.42 Å². The van der Waals surface area contributed by atoms with E-state index in [1.807, 2.05) is 0 Å². The zero-order valence-electron chi connectivity index (χ0n) is 14.0. The fraction of sp³-hybridized carbons (Fsp3) is 0.692. The van der Waals surface area contributed by atoms with Gasteiger partial charge in [0.2, 0.25) is 15.9 Å². The molecule has 1 rings (SSSR count). The smallest absolute Gasteiger partial charge is 0.244 e. The predicted octanol–water partition coefficient (Wildman–Crippen LogP) is -0.618. The molecule has 1 unspecified atom stereocenters. The SMILES string of the molecule is CNCCN(C)C(=O)C(C)NS(=O)(=O)c1c(C)nn(C)c1C. The molecule has 0 aliphatic rings. The van der Waals surface area contributed by atoms with Gasteiger partial charge in [0.25, 0.3) is 0 Å². The van der Waals surface area contributed by atoms with E-state index in [4.69, 9.17) is 0 Å². The van der Waals surface area contributed by atoms with Crippen molar-refractivity contribution in [2.45, 2.75) is 31.7 Å². The predicted molar refractivity (Wildman–Crippen MR) is 84.0 cm³/mol. The molecule has 1 amide bonds. The molecule has 0 saturated carbocycles. The summed E-state index contributed by atoms with van der Waals surface area (Å²) in [6, 6.07) is -0.842. The summed E-state index contributed by atoms with van der Waals surface area (Å²) in [6.07, 6.45) is 0. The second-order valence-electron chi connectivity index (χ2n) is 5.33. The van der Waals surface area contributed by atoms with Crippen LogP contribution in [0.5, 0.6) is 0 Å². The van der Waals surface area contributed by atoms with E-state index in [-0.39, 0.29) is 10.8 Å². The summed E-state index contributed by atoms with van der Waals surface area (Å²) in [5.74, 6) is -0.280. The van der Waals surface area contributed by atoms with E-state index in [0.29, 0.717) is 24.5 Å². The summed E-state index contributed by atoms with van der Waals surface area (Å²) >= 11 is 0. The van der Waals surface area contributed by atoms with E-state index in [2.05, 4.69) is 15.1 Å². The third kappa shape index (κ3) is 4.05. The van der Waals surface area contributed by atoms with Crippen molar-refractivity contribution < 1.29 is 13.2 Å². The largest absolute Gasteiger partial charge is 0.343 e. The molecule has 1 heterocycles. The molecule has 9 heteroatoms. The van der Waals surface area contributed by atoms with E-state index in [9.17, 15) is 13.2 Å². The Hall–Kier alpha value is -1.45. The molecule has 0 radical (unpaired) electrons. The lowest BCUT2D eigenvalue weighted by atomic mass is 10.3. The number of hydrogen-bond donors (Lipinski definition) is 2. The van der Waals surface area contributed by atoms with Crippen molar-refractivity contribution in [2.75, 3.05) is 27.2 Å². The molecule has 126 valence electrons. The number of rotatable bonds is 7. The van der Waals surface area contributed by atoms with Crippen LogP contribution in [0.1, 0.15) is 18.3 Å². The molecule has 22 heavy (non-hydrogen) atoms. The van der Waals surface area contributed by atoms with Crippen molar-refractivity contribution >= 4 is 15.9 Å². The number of carbonyl (C=O) groups excluding carboxylic acids is 1. The lowest BCUT2D eigenvalue weighted by molar-refractivity contribution is -0.131. The first-order valence-corrected chi connectivity index (χ1v) is 8.52.